The third-order valence-corrected chi connectivity index (χ3v) is 5.19. The molecule has 32 heavy (non-hydrogen) atoms. The molecule has 0 saturated heterocycles. The van der Waals surface area contributed by atoms with Crippen molar-refractivity contribution in [2.24, 2.45) is 7.05 Å². The van der Waals surface area contributed by atoms with Crippen LogP contribution in [0.25, 0.3) is 32.9 Å². The van der Waals surface area contributed by atoms with Gasteiger partial charge in [-0.15, -0.1) is 0 Å². The van der Waals surface area contributed by atoms with E-state index in [2.05, 4.69) is 32.7 Å². The first-order valence-electron chi connectivity index (χ1n) is 10.3. The lowest BCUT2D eigenvalue weighted by molar-refractivity contribution is 0.0243. The van der Waals surface area contributed by atoms with Gasteiger partial charge in [-0.3, -0.25) is 4.98 Å². The maximum atomic E-state index is 9.57. The predicted molar refractivity (Wildman–Crippen MR) is 120 cm³/mol. The van der Waals surface area contributed by atoms with Crippen LogP contribution in [-0.2, 0) is 16.5 Å². The highest BCUT2D eigenvalue weighted by Crippen LogP contribution is 2.32. The second-order valence-corrected chi connectivity index (χ2v) is 7.17. The Bertz CT molecular complexity index is 1260. The molecular weight excluding hydrogens is 408 g/mol. The zero-order valence-corrected chi connectivity index (χ0v) is 17.8. The summed E-state index contributed by atoms with van der Waals surface area (Å²) in [6.07, 6.45) is 5.38. The van der Waals surface area contributed by atoms with Crippen molar-refractivity contribution < 1.29 is 19.3 Å². The minimum Gasteiger partial charge on any atom is -0.474 e. The van der Waals surface area contributed by atoms with Crippen LogP contribution in [0.2, 0.25) is 0 Å². The molecule has 4 aromatic rings. The first-order chi connectivity index (χ1) is 15.7. The molecule has 0 saturated carbocycles. The summed E-state index contributed by atoms with van der Waals surface area (Å²) in [5.74, 6) is 0.285. The highest BCUT2D eigenvalue weighted by Gasteiger charge is 2.12. The van der Waals surface area contributed by atoms with Crippen LogP contribution in [0.4, 0.5) is 0 Å². The first-order valence-corrected chi connectivity index (χ1v) is 10.3. The van der Waals surface area contributed by atoms with Gasteiger partial charge in [-0.05, 0) is 23.8 Å². The van der Waals surface area contributed by atoms with Crippen molar-refractivity contribution in [3.63, 3.8) is 0 Å². The van der Waals surface area contributed by atoms with Crippen molar-refractivity contribution in [2.45, 2.75) is 0 Å². The van der Waals surface area contributed by atoms with Crippen LogP contribution in [0.15, 0.2) is 48.9 Å². The summed E-state index contributed by atoms with van der Waals surface area (Å²) in [5, 5.41) is 20.5. The Kier molecular flexibility index (Phi) is 6.92. The average Bonchev–Trinajstić information content (AvgIpc) is 3.12. The molecule has 0 fully saturated rings. The van der Waals surface area contributed by atoms with Gasteiger partial charge in [-0.1, -0.05) is 12.1 Å². The average molecular weight is 432 g/mol. The lowest BCUT2D eigenvalue weighted by Gasteiger charge is -2.10. The van der Waals surface area contributed by atoms with Gasteiger partial charge in [0.2, 0.25) is 5.88 Å². The number of pyridine rings is 2. The molecule has 0 aliphatic rings. The Labute approximate surface area is 185 Å². The van der Waals surface area contributed by atoms with Crippen molar-refractivity contribution in [3.8, 4) is 23.1 Å². The van der Waals surface area contributed by atoms with Crippen LogP contribution in [0.3, 0.4) is 0 Å². The van der Waals surface area contributed by atoms with Crippen LogP contribution in [0.5, 0.6) is 5.88 Å². The molecule has 164 valence electrons. The number of aromatic nitrogens is 3. The fourth-order valence-corrected chi connectivity index (χ4v) is 3.62. The van der Waals surface area contributed by atoms with Crippen molar-refractivity contribution in [1.29, 1.82) is 5.26 Å². The third kappa shape index (κ3) is 4.55. The lowest BCUT2D eigenvalue weighted by Crippen LogP contribution is -2.12. The van der Waals surface area contributed by atoms with Crippen molar-refractivity contribution in [1.82, 2.24) is 14.5 Å². The maximum absolute atomic E-state index is 9.57. The van der Waals surface area contributed by atoms with Crippen molar-refractivity contribution in [2.75, 3.05) is 39.6 Å². The number of nitrogens with zero attached hydrogens (tertiary/aromatic N) is 4. The molecule has 3 aromatic heterocycles. The fourth-order valence-electron chi connectivity index (χ4n) is 3.62. The number of benzene rings is 1. The quantitative estimate of drug-likeness (QED) is 0.384. The molecule has 0 amide bonds. The smallest absolute Gasteiger partial charge is 0.231 e. The van der Waals surface area contributed by atoms with Gasteiger partial charge in [0.05, 0.1) is 38.6 Å². The number of aryl methyl sites for hydroxylation is 1. The highest BCUT2D eigenvalue weighted by molar-refractivity contribution is 6.08. The molecule has 3 heterocycles. The molecule has 4 rings (SSSR count). The summed E-state index contributed by atoms with van der Waals surface area (Å²) in [6.45, 7) is 1.74. The summed E-state index contributed by atoms with van der Waals surface area (Å²) in [5.41, 5.74) is 4.39. The summed E-state index contributed by atoms with van der Waals surface area (Å²) in [7, 11) is 2.03. The van der Waals surface area contributed by atoms with Gasteiger partial charge >= 0.3 is 0 Å². The molecule has 0 bridgehead atoms. The predicted octanol–water partition coefficient (Wildman–Crippen LogP) is 3.06. The number of aliphatic hydroxyl groups is 1. The van der Waals surface area contributed by atoms with E-state index in [1.54, 1.807) is 18.5 Å². The Morgan fingerprint density at radius 3 is 2.56 bits per heavy atom. The van der Waals surface area contributed by atoms with Crippen LogP contribution in [-0.4, -0.2) is 59.3 Å². The highest BCUT2D eigenvalue weighted by atomic mass is 16.5. The largest absolute Gasteiger partial charge is 0.474 e. The van der Waals surface area contributed by atoms with Crippen LogP contribution in [0.1, 0.15) is 5.56 Å². The van der Waals surface area contributed by atoms with E-state index in [1.807, 2.05) is 25.4 Å². The normalized spacial score (nSPS) is 11.2. The topological polar surface area (TPSA) is 102 Å². The maximum Gasteiger partial charge on any atom is 0.231 e. The van der Waals surface area contributed by atoms with Gasteiger partial charge in [0.25, 0.3) is 0 Å². The Hall–Kier alpha value is -3.51. The number of nitriles is 1. The second kappa shape index (κ2) is 10.2. The third-order valence-electron chi connectivity index (χ3n) is 5.19. The Balaban J connectivity index is 1.47. The molecule has 0 aliphatic heterocycles. The van der Waals surface area contributed by atoms with Gasteiger partial charge in [0, 0.05) is 47.5 Å². The van der Waals surface area contributed by atoms with E-state index in [-0.39, 0.29) is 19.1 Å². The monoisotopic (exact) mass is 432 g/mol. The van der Waals surface area contributed by atoms with Crippen LogP contribution < -0.4 is 4.74 Å². The lowest BCUT2D eigenvalue weighted by atomic mass is 10.0. The second-order valence-electron chi connectivity index (χ2n) is 7.17. The first kappa shape index (κ1) is 21.7. The van der Waals surface area contributed by atoms with Gasteiger partial charge in [-0.25, -0.2) is 4.98 Å². The van der Waals surface area contributed by atoms with Gasteiger partial charge in [0.15, 0.2) is 0 Å². The molecule has 0 aliphatic carbocycles. The zero-order chi connectivity index (χ0) is 22.3. The molecule has 0 radical (unpaired) electrons. The van der Waals surface area contributed by atoms with Crippen LogP contribution >= 0.6 is 0 Å². The summed E-state index contributed by atoms with van der Waals surface area (Å²) in [6, 6.07) is 12.2. The van der Waals surface area contributed by atoms with E-state index in [9.17, 15) is 5.26 Å². The molecule has 0 atom stereocenters. The standard InChI is InChI=1S/C24H24N4O4/c1-28-22-4-5-26-16-21(22)20-3-2-17(13-23(20)28)19-12-18(14-25)24(27-15-19)32-11-10-31-9-8-30-7-6-29/h2-5,12-13,15-16,29H,6-11H2,1H3. The van der Waals surface area contributed by atoms with Crippen molar-refractivity contribution in [3.05, 3.63) is 54.5 Å². The van der Waals surface area contributed by atoms with E-state index in [0.717, 1.165) is 32.9 Å². The van der Waals surface area contributed by atoms with E-state index >= 15 is 0 Å². The fraction of sp³-hybridized carbons (Fsp3) is 0.292. The SMILES string of the molecule is Cn1c2ccncc2c2ccc(-c3cnc(OCCOCCOCCO)c(C#N)c3)cc21. The molecule has 1 aromatic carbocycles. The summed E-state index contributed by atoms with van der Waals surface area (Å²) >= 11 is 0. The minimum atomic E-state index is -0.00496. The van der Waals surface area contributed by atoms with E-state index in [1.165, 1.54) is 0 Å². The van der Waals surface area contributed by atoms with E-state index in [4.69, 9.17) is 19.3 Å². The zero-order valence-electron chi connectivity index (χ0n) is 17.8. The van der Waals surface area contributed by atoms with E-state index in [0.29, 0.717) is 32.0 Å². The number of aliphatic hydroxyl groups excluding tert-OH is 1. The van der Waals surface area contributed by atoms with Gasteiger partial charge in [-0.2, -0.15) is 5.26 Å². The van der Waals surface area contributed by atoms with E-state index < -0.39 is 0 Å². The number of hydrogen-bond donors (Lipinski definition) is 1. The van der Waals surface area contributed by atoms with Crippen LogP contribution in [0, 0.1) is 11.3 Å². The number of rotatable bonds is 10. The number of ether oxygens (including phenoxy) is 3. The molecular formula is C24H24N4O4. The van der Waals surface area contributed by atoms with Gasteiger partial charge < -0.3 is 23.9 Å². The molecule has 1 N–H and O–H groups in total. The molecule has 0 spiro atoms. The molecule has 8 nitrogen and oxygen atoms in total. The summed E-state index contributed by atoms with van der Waals surface area (Å²) in [4.78, 5) is 8.60. The molecule has 8 heteroatoms. The Morgan fingerprint density at radius 1 is 0.938 bits per heavy atom. The van der Waals surface area contributed by atoms with Gasteiger partial charge in [0.1, 0.15) is 18.2 Å². The Morgan fingerprint density at radius 2 is 1.75 bits per heavy atom. The number of fused-ring (bicyclic) bond motifs is 3. The minimum absolute atomic E-state index is 0.00496. The number of hydrogen-bond acceptors (Lipinski definition) is 7. The van der Waals surface area contributed by atoms with Crippen molar-refractivity contribution >= 4 is 21.8 Å². The molecule has 0 unspecified atom stereocenters. The summed E-state index contributed by atoms with van der Waals surface area (Å²) < 4.78 is 18.3.